The molecule has 0 radical (unpaired) electrons. The predicted octanol–water partition coefficient (Wildman–Crippen LogP) is 2.49. The maximum atomic E-state index is 3.53. The maximum absolute atomic E-state index is 3.53. The molecule has 0 aromatic heterocycles. The minimum Gasteiger partial charge on any atom is -0.313 e. The van der Waals surface area contributed by atoms with Crippen LogP contribution in [0.1, 0.15) is 47.5 Å². The molecule has 0 fully saturated rings. The first-order valence-corrected chi connectivity index (χ1v) is 6.13. The van der Waals surface area contributed by atoms with E-state index in [1.807, 2.05) is 0 Å². The average molecular weight is 200 g/mol. The Morgan fingerprint density at radius 1 is 1.14 bits per heavy atom. The molecular weight excluding hydrogens is 172 g/mol. The van der Waals surface area contributed by atoms with Crippen LogP contribution < -0.4 is 5.32 Å². The number of rotatable bonds is 8. The summed E-state index contributed by atoms with van der Waals surface area (Å²) in [6.07, 6.45) is 2.47. The Hall–Kier alpha value is -0.0800. The molecule has 0 aliphatic rings. The van der Waals surface area contributed by atoms with Crippen LogP contribution in [0.25, 0.3) is 0 Å². The average Bonchev–Trinajstić information content (AvgIpc) is 2.15. The lowest BCUT2D eigenvalue weighted by Gasteiger charge is -2.30. The second kappa shape index (κ2) is 8.25. The zero-order chi connectivity index (χ0) is 11.0. The number of nitrogens with zero attached hydrogens (tertiary/aromatic N) is 1. The lowest BCUT2D eigenvalue weighted by molar-refractivity contribution is 0.196. The van der Waals surface area contributed by atoms with E-state index in [4.69, 9.17) is 0 Å². The highest BCUT2D eigenvalue weighted by molar-refractivity contribution is 4.72. The van der Waals surface area contributed by atoms with Gasteiger partial charge in [0.05, 0.1) is 0 Å². The Labute approximate surface area is 90.1 Å². The summed E-state index contributed by atoms with van der Waals surface area (Å²) in [4.78, 5) is 2.57. The Morgan fingerprint density at radius 2 is 1.79 bits per heavy atom. The fraction of sp³-hybridized carbons (Fsp3) is 1.00. The summed E-state index contributed by atoms with van der Waals surface area (Å²) in [6.45, 7) is 14.8. The van der Waals surface area contributed by atoms with Gasteiger partial charge in [0.25, 0.3) is 0 Å². The van der Waals surface area contributed by atoms with Crippen molar-refractivity contribution in [3.63, 3.8) is 0 Å². The van der Waals surface area contributed by atoms with Gasteiger partial charge in [0, 0.05) is 18.6 Å². The zero-order valence-corrected chi connectivity index (χ0v) is 10.6. The SMILES string of the molecule is CCCN(CC(CC)NCC)C(C)C. The van der Waals surface area contributed by atoms with E-state index in [9.17, 15) is 0 Å². The van der Waals surface area contributed by atoms with Gasteiger partial charge in [-0.15, -0.1) is 0 Å². The molecule has 0 aliphatic heterocycles. The number of nitrogens with one attached hydrogen (secondary N) is 1. The largest absolute Gasteiger partial charge is 0.313 e. The molecule has 0 saturated heterocycles. The second-order valence-electron chi connectivity index (χ2n) is 4.25. The Bertz CT molecular complexity index is 123. The monoisotopic (exact) mass is 200 g/mol. The smallest absolute Gasteiger partial charge is 0.0192 e. The molecule has 0 spiro atoms. The van der Waals surface area contributed by atoms with Crippen LogP contribution in [0.4, 0.5) is 0 Å². The molecule has 0 bridgehead atoms. The van der Waals surface area contributed by atoms with Gasteiger partial charge in [-0.2, -0.15) is 0 Å². The van der Waals surface area contributed by atoms with Crippen LogP contribution in [0.2, 0.25) is 0 Å². The van der Waals surface area contributed by atoms with E-state index < -0.39 is 0 Å². The summed E-state index contributed by atoms with van der Waals surface area (Å²) in [5, 5.41) is 3.53. The zero-order valence-electron chi connectivity index (χ0n) is 10.6. The fourth-order valence-electron chi connectivity index (χ4n) is 1.76. The Kier molecular flexibility index (Phi) is 8.20. The van der Waals surface area contributed by atoms with Gasteiger partial charge in [-0.25, -0.2) is 0 Å². The van der Waals surface area contributed by atoms with Crippen LogP contribution >= 0.6 is 0 Å². The van der Waals surface area contributed by atoms with Gasteiger partial charge in [0.15, 0.2) is 0 Å². The highest BCUT2D eigenvalue weighted by atomic mass is 15.2. The standard InChI is InChI=1S/C12H28N2/c1-6-9-14(11(4)5)10-12(7-2)13-8-3/h11-13H,6-10H2,1-5H3. The lowest BCUT2D eigenvalue weighted by Crippen LogP contribution is -2.43. The minimum atomic E-state index is 0.661. The van der Waals surface area contributed by atoms with Crippen LogP contribution in [0.5, 0.6) is 0 Å². The first-order valence-electron chi connectivity index (χ1n) is 6.13. The Morgan fingerprint density at radius 3 is 2.14 bits per heavy atom. The van der Waals surface area contributed by atoms with Gasteiger partial charge >= 0.3 is 0 Å². The van der Waals surface area contributed by atoms with E-state index in [1.165, 1.54) is 25.9 Å². The third kappa shape index (κ3) is 5.61. The second-order valence-corrected chi connectivity index (χ2v) is 4.25. The van der Waals surface area contributed by atoms with E-state index in [-0.39, 0.29) is 0 Å². The molecule has 0 amide bonds. The van der Waals surface area contributed by atoms with Crippen molar-refractivity contribution in [1.82, 2.24) is 10.2 Å². The van der Waals surface area contributed by atoms with Gasteiger partial charge in [0.1, 0.15) is 0 Å². The normalized spacial score (nSPS) is 13.9. The Balaban J connectivity index is 3.97. The van der Waals surface area contributed by atoms with Crippen molar-refractivity contribution < 1.29 is 0 Å². The van der Waals surface area contributed by atoms with Gasteiger partial charge in [-0.3, -0.25) is 4.90 Å². The van der Waals surface area contributed by atoms with Crippen molar-refractivity contribution in [2.45, 2.75) is 59.5 Å². The van der Waals surface area contributed by atoms with Gasteiger partial charge in [0.2, 0.25) is 0 Å². The molecule has 0 saturated carbocycles. The van der Waals surface area contributed by atoms with Gasteiger partial charge in [-0.1, -0.05) is 20.8 Å². The van der Waals surface area contributed by atoms with Crippen molar-refractivity contribution in [2.24, 2.45) is 0 Å². The number of likely N-dealkylation sites (N-methyl/N-ethyl adjacent to an activating group) is 1. The first-order chi connectivity index (χ1) is 6.65. The van der Waals surface area contributed by atoms with Crippen LogP contribution in [0.3, 0.4) is 0 Å². The molecule has 1 N–H and O–H groups in total. The number of hydrogen-bond donors (Lipinski definition) is 1. The molecule has 0 heterocycles. The highest BCUT2D eigenvalue weighted by Crippen LogP contribution is 2.03. The fourth-order valence-corrected chi connectivity index (χ4v) is 1.76. The summed E-state index contributed by atoms with van der Waals surface area (Å²) >= 11 is 0. The van der Waals surface area contributed by atoms with Crippen molar-refractivity contribution >= 4 is 0 Å². The molecule has 14 heavy (non-hydrogen) atoms. The molecule has 0 aliphatic carbocycles. The lowest BCUT2D eigenvalue weighted by atomic mass is 10.1. The molecule has 1 atom stereocenters. The molecule has 2 heteroatoms. The highest BCUT2D eigenvalue weighted by Gasteiger charge is 2.13. The van der Waals surface area contributed by atoms with Crippen molar-refractivity contribution in [3.8, 4) is 0 Å². The van der Waals surface area contributed by atoms with E-state index in [1.54, 1.807) is 0 Å². The predicted molar refractivity (Wildman–Crippen MR) is 64.8 cm³/mol. The van der Waals surface area contributed by atoms with E-state index in [0.29, 0.717) is 12.1 Å². The molecular formula is C12H28N2. The quantitative estimate of drug-likeness (QED) is 0.647. The van der Waals surface area contributed by atoms with Crippen molar-refractivity contribution in [2.75, 3.05) is 19.6 Å². The third-order valence-electron chi connectivity index (χ3n) is 2.68. The summed E-state index contributed by atoms with van der Waals surface area (Å²) in [5.74, 6) is 0. The van der Waals surface area contributed by atoms with Gasteiger partial charge in [-0.05, 0) is 39.8 Å². The molecule has 0 aromatic rings. The molecule has 1 unspecified atom stereocenters. The van der Waals surface area contributed by atoms with Crippen LogP contribution in [-0.4, -0.2) is 36.6 Å². The van der Waals surface area contributed by atoms with Crippen LogP contribution in [-0.2, 0) is 0 Å². The molecule has 0 aromatic carbocycles. The van der Waals surface area contributed by atoms with Crippen molar-refractivity contribution in [3.05, 3.63) is 0 Å². The molecule has 0 rings (SSSR count). The van der Waals surface area contributed by atoms with Crippen LogP contribution in [0, 0.1) is 0 Å². The third-order valence-corrected chi connectivity index (χ3v) is 2.68. The summed E-state index contributed by atoms with van der Waals surface area (Å²) in [5.41, 5.74) is 0. The summed E-state index contributed by atoms with van der Waals surface area (Å²) < 4.78 is 0. The van der Waals surface area contributed by atoms with Crippen LogP contribution in [0.15, 0.2) is 0 Å². The van der Waals surface area contributed by atoms with E-state index in [0.717, 1.165) is 6.54 Å². The molecule has 86 valence electrons. The molecule has 2 nitrogen and oxygen atoms in total. The summed E-state index contributed by atoms with van der Waals surface area (Å²) in [6, 6.07) is 1.33. The number of hydrogen-bond acceptors (Lipinski definition) is 2. The van der Waals surface area contributed by atoms with E-state index >= 15 is 0 Å². The first kappa shape index (κ1) is 13.9. The van der Waals surface area contributed by atoms with E-state index in [2.05, 4.69) is 44.8 Å². The minimum absolute atomic E-state index is 0.661. The van der Waals surface area contributed by atoms with Crippen molar-refractivity contribution in [1.29, 1.82) is 0 Å². The summed E-state index contributed by atoms with van der Waals surface area (Å²) in [7, 11) is 0. The topological polar surface area (TPSA) is 15.3 Å². The maximum Gasteiger partial charge on any atom is 0.0192 e. The van der Waals surface area contributed by atoms with Gasteiger partial charge < -0.3 is 5.32 Å².